The van der Waals surface area contributed by atoms with Crippen LogP contribution < -0.4 is 5.32 Å². The van der Waals surface area contributed by atoms with Crippen molar-refractivity contribution in [1.82, 2.24) is 20.1 Å². The minimum Gasteiger partial charge on any atom is -0.354 e. The van der Waals surface area contributed by atoms with Gasteiger partial charge in [0.15, 0.2) is 10.6 Å². The summed E-state index contributed by atoms with van der Waals surface area (Å²) in [5.74, 6) is 0.192. The van der Waals surface area contributed by atoms with E-state index in [0.717, 1.165) is 36.8 Å². The van der Waals surface area contributed by atoms with Crippen LogP contribution in [0.25, 0.3) is 11.4 Å². The molecule has 1 aliphatic rings. The summed E-state index contributed by atoms with van der Waals surface area (Å²) in [4.78, 5) is 12.8. The van der Waals surface area contributed by atoms with Crippen LogP contribution in [-0.4, -0.2) is 27.2 Å². The van der Waals surface area contributed by atoms with Crippen LogP contribution in [0.4, 0.5) is 4.39 Å². The quantitative estimate of drug-likeness (QED) is 0.524. The van der Waals surface area contributed by atoms with Crippen molar-refractivity contribution in [2.24, 2.45) is 0 Å². The molecule has 1 fully saturated rings. The van der Waals surface area contributed by atoms with E-state index >= 15 is 0 Å². The zero-order chi connectivity index (χ0) is 21.1. The van der Waals surface area contributed by atoms with Gasteiger partial charge >= 0.3 is 0 Å². The van der Waals surface area contributed by atoms with Gasteiger partial charge in [0.05, 0.1) is 0 Å². The molecule has 1 heterocycles. The van der Waals surface area contributed by atoms with E-state index in [0.29, 0.717) is 22.2 Å². The number of amides is 1. The summed E-state index contributed by atoms with van der Waals surface area (Å²) in [6, 6.07) is 13.8. The van der Waals surface area contributed by atoms with Gasteiger partial charge in [-0.25, -0.2) is 4.39 Å². The molecule has 4 rings (SSSR count). The number of aromatic nitrogens is 3. The summed E-state index contributed by atoms with van der Waals surface area (Å²) in [5, 5.41) is 10.7. The molecule has 1 aromatic heterocycles. The van der Waals surface area contributed by atoms with Crippen LogP contribution in [-0.2, 0) is 16.8 Å². The summed E-state index contributed by atoms with van der Waals surface area (Å²) in [6.07, 6.45) is 4.14. The van der Waals surface area contributed by atoms with Crippen molar-refractivity contribution in [3.63, 3.8) is 0 Å². The van der Waals surface area contributed by atoms with Gasteiger partial charge in [0, 0.05) is 22.5 Å². The third-order valence-corrected chi connectivity index (χ3v) is 6.37. The number of H-pyrrole nitrogens is 1. The Morgan fingerprint density at radius 3 is 2.50 bits per heavy atom. The van der Waals surface area contributed by atoms with Gasteiger partial charge in [0.2, 0.25) is 5.91 Å². The first-order valence-electron chi connectivity index (χ1n) is 9.91. The van der Waals surface area contributed by atoms with E-state index in [1.807, 2.05) is 24.3 Å². The zero-order valence-corrected chi connectivity index (χ0v) is 17.9. The average Bonchev–Trinajstić information content (AvgIpc) is 3.36. The van der Waals surface area contributed by atoms with Crippen molar-refractivity contribution in [3.05, 3.63) is 69.7 Å². The number of halogens is 2. The fourth-order valence-corrected chi connectivity index (χ4v) is 4.50. The lowest BCUT2D eigenvalue weighted by Crippen LogP contribution is -2.40. The molecule has 1 amide bonds. The van der Waals surface area contributed by atoms with Gasteiger partial charge in [-0.1, -0.05) is 36.6 Å². The lowest BCUT2D eigenvalue weighted by Gasteiger charge is -2.30. The molecule has 30 heavy (non-hydrogen) atoms. The maximum Gasteiger partial charge on any atom is 0.240 e. The molecule has 1 aliphatic carbocycles. The molecule has 0 spiro atoms. The van der Waals surface area contributed by atoms with E-state index in [4.69, 9.17) is 23.8 Å². The molecule has 3 aromatic rings. The average molecular weight is 445 g/mol. The highest BCUT2D eigenvalue weighted by Crippen LogP contribution is 2.40. The Morgan fingerprint density at radius 1 is 1.17 bits per heavy atom. The fourth-order valence-electron chi connectivity index (χ4n) is 4.17. The Balaban J connectivity index is 1.49. The van der Waals surface area contributed by atoms with Crippen molar-refractivity contribution >= 4 is 29.7 Å². The maximum atomic E-state index is 13.4. The van der Waals surface area contributed by atoms with Crippen LogP contribution in [0.2, 0.25) is 5.02 Å². The van der Waals surface area contributed by atoms with Crippen molar-refractivity contribution < 1.29 is 9.18 Å². The first-order chi connectivity index (χ1) is 14.5. The number of rotatable bonds is 6. The highest BCUT2D eigenvalue weighted by molar-refractivity contribution is 7.71. The third kappa shape index (κ3) is 4.32. The van der Waals surface area contributed by atoms with Crippen LogP contribution in [0.1, 0.15) is 31.2 Å². The molecule has 156 valence electrons. The predicted molar refractivity (Wildman–Crippen MR) is 117 cm³/mol. The highest BCUT2D eigenvalue weighted by Gasteiger charge is 2.36. The minimum atomic E-state index is -0.250. The first-order valence-corrected chi connectivity index (χ1v) is 10.7. The van der Waals surface area contributed by atoms with Crippen molar-refractivity contribution in [2.75, 3.05) is 6.54 Å². The summed E-state index contributed by atoms with van der Waals surface area (Å²) < 4.78 is 15.4. The van der Waals surface area contributed by atoms with Crippen LogP contribution in [0.15, 0.2) is 48.5 Å². The molecule has 8 heteroatoms. The normalized spacial score (nSPS) is 15.3. The van der Waals surface area contributed by atoms with E-state index < -0.39 is 0 Å². The lowest BCUT2D eigenvalue weighted by molar-refractivity contribution is -0.121. The molecule has 0 bridgehead atoms. The van der Waals surface area contributed by atoms with Gasteiger partial charge in [-0.15, -0.1) is 0 Å². The zero-order valence-electron chi connectivity index (χ0n) is 16.3. The van der Waals surface area contributed by atoms with Crippen LogP contribution in [0, 0.1) is 10.6 Å². The van der Waals surface area contributed by atoms with Crippen molar-refractivity contribution in [3.8, 4) is 11.4 Å². The summed E-state index contributed by atoms with van der Waals surface area (Å²) in [5.41, 5.74) is 1.74. The molecule has 0 saturated heterocycles. The number of benzene rings is 2. The van der Waals surface area contributed by atoms with Crippen LogP contribution in [0.3, 0.4) is 0 Å². The van der Waals surface area contributed by atoms with Gasteiger partial charge in [0.1, 0.15) is 12.4 Å². The first kappa shape index (κ1) is 20.8. The van der Waals surface area contributed by atoms with E-state index in [9.17, 15) is 9.18 Å². The smallest absolute Gasteiger partial charge is 0.240 e. The van der Waals surface area contributed by atoms with E-state index in [-0.39, 0.29) is 23.7 Å². The van der Waals surface area contributed by atoms with Crippen LogP contribution >= 0.6 is 23.8 Å². The SMILES string of the molecule is O=C(Cn1c(-c2ccc(Cl)cc2)n[nH]c1=S)NCC1(c2ccc(F)cc2)CCCC1. The number of nitrogens with zero attached hydrogens (tertiary/aromatic N) is 2. The predicted octanol–water partition coefficient (Wildman–Crippen LogP) is 5.03. The second kappa shape index (κ2) is 8.70. The Kier molecular flexibility index (Phi) is 6.01. The van der Waals surface area contributed by atoms with E-state index in [1.54, 1.807) is 16.7 Å². The summed E-state index contributed by atoms with van der Waals surface area (Å²) in [6.45, 7) is 0.575. The third-order valence-electron chi connectivity index (χ3n) is 5.80. The van der Waals surface area contributed by atoms with Gasteiger partial charge in [-0.3, -0.25) is 14.5 Å². The molecule has 2 aromatic carbocycles. The second-order valence-corrected chi connectivity index (χ2v) is 8.54. The van der Waals surface area contributed by atoms with Crippen molar-refractivity contribution in [1.29, 1.82) is 0 Å². The Hall–Kier alpha value is -2.51. The van der Waals surface area contributed by atoms with Gasteiger partial charge in [0.25, 0.3) is 0 Å². The largest absolute Gasteiger partial charge is 0.354 e. The van der Waals surface area contributed by atoms with Gasteiger partial charge < -0.3 is 5.32 Å². The van der Waals surface area contributed by atoms with Gasteiger partial charge in [-0.05, 0) is 67.0 Å². The standard InChI is InChI=1S/C22H22ClFN4OS/c23-17-7-3-15(4-8-17)20-26-27-21(30)28(20)13-19(29)25-14-22(11-1-2-12-22)16-5-9-18(24)10-6-16/h3-10H,1-2,11-14H2,(H,25,29)(H,27,30). The molecule has 0 radical (unpaired) electrons. The summed E-state index contributed by atoms with van der Waals surface area (Å²) in [7, 11) is 0. The fraction of sp³-hybridized carbons (Fsp3) is 0.318. The lowest BCUT2D eigenvalue weighted by atomic mass is 9.79. The molecule has 2 N–H and O–H groups in total. The number of nitrogens with one attached hydrogen (secondary N) is 2. The van der Waals surface area contributed by atoms with Crippen LogP contribution in [0.5, 0.6) is 0 Å². The molecule has 1 saturated carbocycles. The number of carbonyl (C=O) groups is 1. The number of hydrogen-bond acceptors (Lipinski definition) is 3. The highest BCUT2D eigenvalue weighted by atomic mass is 35.5. The number of aromatic amines is 1. The molecule has 0 aliphatic heterocycles. The minimum absolute atomic E-state index is 0.0623. The molecule has 0 unspecified atom stereocenters. The maximum absolute atomic E-state index is 13.4. The Morgan fingerprint density at radius 2 is 1.83 bits per heavy atom. The van der Waals surface area contributed by atoms with E-state index in [1.165, 1.54) is 12.1 Å². The monoisotopic (exact) mass is 444 g/mol. The molecular formula is C22H22ClFN4OS. The van der Waals surface area contributed by atoms with Gasteiger partial charge in [-0.2, -0.15) is 5.10 Å². The van der Waals surface area contributed by atoms with E-state index in [2.05, 4.69) is 15.5 Å². The Labute approximate surface area is 184 Å². The topological polar surface area (TPSA) is 62.7 Å². The second-order valence-electron chi connectivity index (χ2n) is 7.72. The number of carbonyl (C=O) groups excluding carboxylic acids is 1. The molecule has 5 nitrogen and oxygen atoms in total. The van der Waals surface area contributed by atoms with Crippen molar-refractivity contribution in [2.45, 2.75) is 37.6 Å². The molecular weight excluding hydrogens is 423 g/mol. The Bertz CT molecular complexity index is 1090. The summed E-state index contributed by atoms with van der Waals surface area (Å²) >= 11 is 11.3. The number of hydrogen-bond donors (Lipinski definition) is 2. The molecule has 0 atom stereocenters.